The van der Waals surface area contributed by atoms with E-state index in [4.69, 9.17) is 11.6 Å². The summed E-state index contributed by atoms with van der Waals surface area (Å²) in [6, 6.07) is 6.24. The molecule has 0 aliphatic carbocycles. The summed E-state index contributed by atoms with van der Waals surface area (Å²) in [4.78, 5) is 2.22. The molecule has 2 heterocycles. The maximum Gasteiger partial charge on any atom is 0.0836 e. The fourth-order valence-electron chi connectivity index (χ4n) is 2.81. The first-order chi connectivity index (χ1) is 9.90. The summed E-state index contributed by atoms with van der Waals surface area (Å²) in [5.74, 6) is 0. The molecule has 2 nitrogen and oxygen atoms in total. The Labute approximate surface area is 142 Å². The van der Waals surface area contributed by atoms with Crippen LogP contribution in [0.3, 0.4) is 0 Å². The average molecular weight is 387 g/mol. The van der Waals surface area contributed by atoms with Gasteiger partial charge in [-0.05, 0) is 53.7 Å². The first kappa shape index (κ1) is 15.3. The summed E-state index contributed by atoms with van der Waals surface area (Å²) in [5.41, 5.74) is 2.59. The Hall–Kier alpha value is -0.550. The molecule has 112 valence electrons. The number of halogens is 2. The van der Waals surface area contributed by atoms with Crippen molar-refractivity contribution in [3.05, 3.63) is 38.5 Å². The van der Waals surface area contributed by atoms with E-state index in [9.17, 15) is 5.11 Å². The number of hydrogen-bond acceptors (Lipinski definition) is 3. The molecule has 0 radical (unpaired) electrons. The molecule has 1 aromatic carbocycles. The third-order valence-electron chi connectivity index (χ3n) is 4.42. The molecule has 0 saturated carbocycles. The van der Waals surface area contributed by atoms with Gasteiger partial charge in [0.25, 0.3) is 0 Å². The van der Waals surface area contributed by atoms with Gasteiger partial charge in [0.1, 0.15) is 0 Å². The quantitative estimate of drug-likeness (QED) is 0.768. The summed E-state index contributed by atoms with van der Waals surface area (Å²) in [6.45, 7) is 4.81. The molecular formula is C16H17BrClNOS. The zero-order valence-electron chi connectivity index (χ0n) is 11.9. The van der Waals surface area contributed by atoms with Crippen molar-refractivity contribution < 1.29 is 5.11 Å². The lowest BCUT2D eigenvalue weighted by Crippen LogP contribution is -2.40. The summed E-state index contributed by atoms with van der Waals surface area (Å²) >= 11 is 11.7. The van der Waals surface area contributed by atoms with E-state index in [-0.39, 0.29) is 6.04 Å². The molecule has 1 N–H and O–H groups in total. The number of benzene rings is 1. The van der Waals surface area contributed by atoms with Crippen LogP contribution in [0, 0.1) is 0 Å². The van der Waals surface area contributed by atoms with Gasteiger partial charge >= 0.3 is 0 Å². The lowest BCUT2D eigenvalue weighted by Gasteiger charge is -2.30. The van der Waals surface area contributed by atoms with Gasteiger partial charge in [-0.1, -0.05) is 17.7 Å². The predicted octanol–water partition coefficient (Wildman–Crippen LogP) is 5.18. The summed E-state index contributed by atoms with van der Waals surface area (Å²) in [6.07, 6.45) is 0.781. The fraction of sp³-hybridized carbons (Fsp3) is 0.375. The standard InChI is InChI=1S/C16H17BrClNOS/c1-10-16(2,20)5-6-19(10)11-3-4-12(15(18)7-11)13-8-21-9-14(13)17/h3-4,7-10,20H,5-6H2,1-2H3/t10-,16-/m0/s1. The van der Waals surface area contributed by atoms with Crippen LogP contribution in [0.2, 0.25) is 5.02 Å². The third kappa shape index (κ3) is 2.74. The molecule has 1 aliphatic rings. The van der Waals surface area contributed by atoms with Crippen molar-refractivity contribution in [2.75, 3.05) is 11.4 Å². The molecule has 1 saturated heterocycles. The van der Waals surface area contributed by atoms with E-state index in [0.717, 1.165) is 39.3 Å². The van der Waals surface area contributed by atoms with E-state index in [1.807, 2.05) is 13.0 Å². The predicted molar refractivity (Wildman–Crippen MR) is 94.5 cm³/mol. The Morgan fingerprint density at radius 1 is 1.38 bits per heavy atom. The Balaban J connectivity index is 1.94. The molecule has 21 heavy (non-hydrogen) atoms. The van der Waals surface area contributed by atoms with Crippen LogP contribution in [0.1, 0.15) is 20.3 Å². The molecule has 3 rings (SSSR count). The minimum Gasteiger partial charge on any atom is -0.388 e. The van der Waals surface area contributed by atoms with Crippen LogP contribution in [0.15, 0.2) is 33.4 Å². The second-order valence-corrected chi connectivity index (χ2v) is 7.78. The highest BCUT2D eigenvalue weighted by Gasteiger charge is 2.39. The van der Waals surface area contributed by atoms with Crippen LogP contribution in [0.4, 0.5) is 5.69 Å². The van der Waals surface area contributed by atoms with Gasteiger partial charge in [-0.3, -0.25) is 0 Å². The minimum absolute atomic E-state index is 0.0901. The topological polar surface area (TPSA) is 23.5 Å². The van der Waals surface area contributed by atoms with Crippen LogP contribution in [-0.2, 0) is 0 Å². The van der Waals surface area contributed by atoms with E-state index in [2.05, 4.69) is 50.6 Å². The smallest absolute Gasteiger partial charge is 0.0836 e. The van der Waals surface area contributed by atoms with Crippen molar-refractivity contribution >= 4 is 44.6 Å². The molecule has 0 amide bonds. The Kier molecular flexibility index (Phi) is 4.08. The molecule has 2 atom stereocenters. The lowest BCUT2D eigenvalue weighted by atomic mass is 9.99. The van der Waals surface area contributed by atoms with Crippen molar-refractivity contribution in [2.24, 2.45) is 0 Å². The van der Waals surface area contributed by atoms with Crippen molar-refractivity contribution in [3.8, 4) is 11.1 Å². The van der Waals surface area contributed by atoms with Crippen LogP contribution >= 0.6 is 38.9 Å². The summed E-state index contributed by atoms with van der Waals surface area (Å²) < 4.78 is 1.07. The number of aliphatic hydroxyl groups is 1. The van der Waals surface area contributed by atoms with E-state index in [1.165, 1.54) is 0 Å². The third-order valence-corrected chi connectivity index (χ3v) is 6.43. The number of hydrogen-bond donors (Lipinski definition) is 1. The van der Waals surface area contributed by atoms with Crippen LogP contribution in [-0.4, -0.2) is 23.3 Å². The molecule has 5 heteroatoms. The van der Waals surface area contributed by atoms with Gasteiger partial charge in [-0.2, -0.15) is 11.3 Å². The zero-order valence-corrected chi connectivity index (χ0v) is 15.1. The van der Waals surface area contributed by atoms with Crippen LogP contribution < -0.4 is 4.90 Å². The minimum atomic E-state index is -0.637. The van der Waals surface area contributed by atoms with Crippen molar-refractivity contribution in [2.45, 2.75) is 31.9 Å². The van der Waals surface area contributed by atoms with Gasteiger partial charge < -0.3 is 10.0 Å². The molecule has 0 bridgehead atoms. The molecule has 0 unspecified atom stereocenters. The van der Waals surface area contributed by atoms with E-state index in [1.54, 1.807) is 11.3 Å². The Bertz CT molecular complexity index is 670. The average Bonchev–Trinajstić information content (AvgIpc) is 2.95. The summed E-state index contributed by atoms with van der Waals surface area (Å²) in [7, 11) is 0. The number of rotatable bonds is 2. The number of nitrogens with zero attached hydrogens (tertiary/aromatic N) is 1. The highest BCUT2D eigenvalue weighted by molar-refractivity contribution is 9.10. The maximum absolute atomic E-state index is 10.3. The largest absolute Gasteiger partial charge is 0.388 e. The highest BCUT2D eigenvalue weighted by atomic mass is 79.9. The molecule has 0 spiro atoms. The molecule has 1 fully saturated rings. The van der Waals surface area contributed by atoms with E-state index >= 15 is 0 Å². The summed E-state index contributed by atoms with van der Waals surface area (Å²) in [5, 5.41) is 15.2. The van der Waals surface area contributed by atoms with Gasteiger partial charge in [0.2, 0.25) is 0 Å². The fourth-order valence-corrected chi connectivity index (χ4v) is 4.60. The Morgan fingerprint density at radius 2 is 2.14 bits per heavy atom. The highest BCUT2D eigenvalue weighted by Crippen LogP contribution is 2.39. The normalized spacial score (nSPS) is 25.6. The van der Waals surface area contributed by atoms with Crippen LogP contribution in [0.25, 0.3) is 11.1 Å². The number of anilines is 1. The second kappa shape index (κ2) is 5.58. The first-order valence-electron chi connectivity index (χ1n) is 6.91. The lowest BCUT2D eigenvalue weighted by molar-refractivity contribution is 0.0566. The SMILES string of the molecule is C[C@@H]1N(c2ccc(-c3cscc3Br)c(Cl)c2)CC[C@]1(C)O. The monoisotopic (exact) mass is 385 g/mol. The van der Waals surface area contributed by atoms with Gasteiger partial charge in [-0.25, -0.2) is 0 Å². The maximum atomic E-state index is 10.3. The molecule has 1 aliphatic heterocycles. The number of thiophene rings is 1. The van der Waals surface area contributed by atoms with Crippen molar-refractivity contribution in [1.29, 1.82) is 0 Å². The van der Waals surface area contributed by atoms with E-state index < -0.39 is 5.60 Å². The van der Waals surface area contributed by atoms with Gasteiger partial charge in [0.15, 0.2) is 0 Å². The van der Waals surface area contributed by atoms with Crippen molar-refractivity contribution in [1.82, 2.24) is 0 Å². The molecular weight excluding hydrogens is 370 g/mol. The van der Waals surface area contributed by atoms with Crippen LogP contribution in [0.5, 0.6) is 0 Å². The second-order valence-electron chi connectivity index (χ2n) is 5.77. The molecule has 1 aromatic heterocycles. The van der Waals surface area contributed by atoms with Gasteiger partial charge in [0.05, 0.1) is 16.7 Å². The zero-order chi connectivity index (χ0) is 15.2. The van der Waals surface area contributed by atoms with E-state index in [0.29, 0.717) is 0 Å². The van der Waals surface area contributed by atoms with Gasteiger partial charge in [0, 0.05) is 33.2 Å². The Morgan fingerprint density at radius 3 is 2.67 bits per heavy atom. The molecule has 2 aromatic rings. The van der Waals surface area contributed by atoms with Crippen molar-refractivity contribution in [3.63, 3.8) is 0 Å². The van der Waals surface area contributed by atoms with Gasteiger partial charge in [-0.15, -0.1) is 0 Å². The first-order valence-corrected chi connectivity index (χ1v) is 9.02.